The molecule has 1 N–H and O–H groups in total. The normalized spacial score (nSPS) is 23.7. The fourth-order valence-electron chi connectivity index (χ4n) is 7.56. The summed E-state index contributed by atoms with van der Waals surface area (Å²) in [6.45, 7) is 7.01. The Bertz CT molecular complexity index is 2130. The summed E-state index contributed by atoms with van der Waals surface area (Å²) in [5.74, 6) is 0.568. The SMILES string of the molecule is CC12CCC(C/C1=N\N=C1\S/C(=C\c3ccc(-n4nc(-c5ccccc5)cc4-c4ccccc4)cc3)C(=O)N1c1ccc(O)cc1)C2(C)C. The van der Waals surface area contributed by atoms with Crippen molar-refractivity contribution < 1.29 is 9.90 Å². The van der Waals surface area contributed by atoms with E-state index < -0.39 is 0 Å². The van der Waals surface area contributed by atoms with E-state index in [2.05, 4.69) is 51.1 Å². The molecule has 2 heterocycles. The molecule has 2 bridgehead atoms. The molecule has 3 fully saturated rings. The first kappa shape index (κ1) is 31.1. The van der Waals surface area contributed by atoms with Crippen LogP contribution in [0.4, 0.5) is 5.69 Å². The Balaban J connectivity index is 1.12. The molecule has 49 heavy (non-hydrogen) atoms. The number of phenolic OH excluding ortho intramolecular Hbond substituents is 1. The molecule has 0 radical (unpaired) electrons. The summed E-state index contributed by atoms with van der Waals surface area (Å²) in [6.07, 6.45) is 5.18. The Morgan fingerprint density at radius 1 is 0.837 bits per heavy atom. The zero-order valence-corrected chi connectivity index (χ0v) is 28.6. The number of amides is 1. The smallest absolute Gasteiger partial charge is 0.271 e. The lowest BCUT2D eigenvalue weighted by atomic mass is 9.70. The first-order valence-electron chi connectivity index (χ1n) is 16.7. The Morgan fingerprint density at radius 3 is 2.12 bits per heavy atom. The van der Waals surface area contributed by atoms with Gasteiger partial charge >= 0.3 is 0 Å². The third kappa shape index (κ3) is 5.40. The van der Waals surface area contributed by atoms with Crippen LogP contribution in [0.1, 0.15) is 45.6 Å². The van der Waals surface area contributed by atoms with Crippen molar-refractivity contribution in [1.29, 1.82) is 0 Å². The van der Waals surface area contributed by atoms with E-state index in [1.54, 1.807) is 29.2 Å². The first-order valence-corrected chi connectivity index (χ1v) is 17.5. The van der Waals surface area contributed by atoms with Gasteiger partial charge in [0.05, 0.1) is 27.7 Å². The van der Waals surface area contributed by atoms with Gasteiger partial charge in [0.2, 0.25) is 5.17 Å². The fourth-order valence-corrected chi connectivity index (χ4v) is 8.49. The monoisotopic (exact) mass is 663 g/mol. The van der Waals surface area contributed by atoms with E-state index in [0.29, 0.717) is 21.7 Å². The van der Waals surface area contributed by atoms with Crippen LogP contribution in [-0.4, -0.2) is 31.7 Å². The molecule has 2 unspecified atom stereocenters. The van der Waals surface area contributed by atoms with Crippen molar-refractivity contribution in [3.05, 3.63) is 126 Å². The Labute approximate surface area is 290 Å². The number of rotatable bonds is 6. The standard InChI is InChI=1S/C41H37N5O2S/c1-40(2)30-22-23-41(40,3)37(25-30)42-43-39-45(31-18-20-33(47)21-19-31)38(48)36(49-39)24-27-14-16-32(17-15-27)46-35(29-12-8-5-9-13-29)26-34(44-46)28-10-6-4-7-11-28/h4-21,24,26,30,47H,22-23,25H2,1-3H3/b36-24-,42-37+,43-39+. The second-order valence-corrected chi connectivity index (χ2v) is 14.8. The second kappa shape index (κ2) is 12.0. The molecule has 1 aromatic heterocycles. The number of nitrogens with zero attached hydrogens (tertiary/aromatic N) is 5. The maximum Gasteiger partial charge on any atom is 0.271 e. The maximum absolute atomic E-state index is 14.0. The number of thioether (sulfide) groups is 1. The Kier molecular flexibility index (Phi) is 7.64. The summed E-state index contributed by atoms with van der Waals surface area (Å²) in [6, 6.07) is 37.3. The minimum Gasteiger partial charge on any atom is -0.508 e. The van der Waals surface area contributed by atoms with Crippen molar-refractivity contribution >= 4 is 40.3 Å². The first-order chi connectivity index (χ1) is 23.7. The number of hydrogen-bond acceptors (Lipinski definition) is 6. The largest absolute Gasteiger partial charge is 0.508 e. The maximum atomic E-state index is 14.0. The van der Waals surface area contributed by atoms with E-state index in [9.17, 15) is 9.90 Å². The van der Waals surface area contributed by atoms with Crippen LogP contribution in [0.25, 0.3) is 34.3 Å². The Hall–Kier alpha value is -5.21. The zero-order valence-electron chi connectivity index (χ0n) is 27.7. The molecule has 8 heteroatoms. The van der Waals surface area contributed by atoms with Gasteiger partial charge in [-0.3, -0.25) is 9.69 Å². The summed E-state index contributed by atoms with van der Waals surface area (Å²) < 4.78 is 1.97. The predicted molar refractivity (Wildman–Crippen MR) is 200 cm³/mol. The molecule has 5 aromatic rings. The highest BCUT2D eigenvalue weighted by Gasteiger charge is 2.60. The highest BCUT2D eigenvalue weighted by molar-refractivity contribution is 8.19. The van der Waals surface area contributed by atoms with Crippen LogP contribution in [0.3, 0.4) is 0 Å². The molecular formula is C41H37N5O2S. The molecule has 7 nitrogen and oxygen atoms in total. The Morgan fingerprint density at radius 2 is 1.49 bits per heavy atom. The number of anilines is 1. The van der Waals surface area contributed by atoms with Gasteiger partial charge in [0.15, 0.2) is 0 Å². The van der Waals surface area contributed by atoms with Crippen molar-refractivity contribution in [2.45, 2.75) is 40.0 Å². The van der Waals surface area contributed by atoms with Gasteiger partial charge in [0.25, 0.3) is 5.91 Å². The number of aromatic nitrogens is 2. The van der Waals surface area contributed by atoms with E-state index in [4.69, 9.17) is 15.3 Å². The van der Waals surface area contributed by atoms with E-state index >= 15 is 0 Å². The molecule has 2 saturated carbocycles. The molecule has 1 aliphatic heterocycles. The van der Waals surface area contributed by atoms with Crippen LogP contribution in [0.2, 0.25) is 0 Å². The van der Waals surface area contributed by atoms with Crippen molar-refractivity contribution in [3.8, 4) is 34.0 Å². The van der Waals surface area contributed by atoms with Crippen LogP contribution in [0, 0.1) is 16.7 Å². The average molecular weight is 664 g/mol. The third-order valence-corrected chi connectivity index (χ3v) is 11.9. The summed E-state index contributed by atoms with van der Waals surface area (Å²) in [7, 11) is 0. The molecule has 3 aliphatic rings. The summed E-state index contributed by atoms with van der Waals surface area (Å²) >= 11 is 1.32. The predicted octanol–water partition coefficient (Wildman–Crippen LogP) is 9.59. The molecule has 1 saturated heterocycles. The van der Waals surface area contributed by atoms with Gasteiger partial charge < -0.3 is 5.11 Å². The quantitative estimate of drug-likeness (QED) is 0.145. The van der Waals surface area contributed by atoms with Gasteiger partial charge in [0, 0.05) is 22.3 Å². The molecule has 0 spiro atoms. The summed E-state index contributed by atoms with van der Waals surface area (Å²) in [5.41, 5.74) is 7.76. The minimum atomic E-state index is -0.177. The van der Waals surface area contributed by atoms with Crippen molar-refractivity contribution in [2.24, 2.45) is 27.0 Å². The van der Waals surface area contributed by atoms with Crippen molar-refractivity contribution in [3.63, 3.8) is 0 Å². The number of carbonyl (C=O) groups is 1. The van der Waals surface area contributed by atoms with Crippen LogP contribution in [0.5, 0.6) is 5.75 Å². The van der Waals surface area contributed by atoms with E-state index in [-0.39, 0.29) is 22.5 Å². The number of hydrogen-bond donors (Lipinski definition) is 1. The summed E-state index contributed by atoms with van der Waals surface area (Å²) in [4.78, 5) is 16.1. The molecule has 2 aliphatic carbocycles. The van der Waals surface area contributed by atoms with Gasteiger partial charge in [0.1, 0.15) is 5.75 Å². The molecule has 8 rings (SSSR count). The molecule has 1 amide bonds. The van der Waals surface area contributed by atoms with E-state index in [0.717, 1.165) is 52.3 Å². The number of benzene rings is 4. The van der Waals surface area contributed by atoms with Crippen LogP contribution in [0.15, 0.2) is 130 Å². The third-order valence-electron chi connectivity index (χ3n) is 11.0. The van der Waals surface area contributed by atoms with E-state index in [1.165, 1.54) is 18.2 Å². The highest BCUT2D eigenvalue weighted by Crippen LogP contribution is 2.64. The van der Waals surface area contributed by atoms with Crippen molar-refractivity contribution in [2.75, 3.05) is 4.90 Å². The lowest BCUT2D eigenvalue weighted by Gasteiger charge is -2.34. The van der Waals surface area contributed by atoms with Crippen LogP contribution in [-0.2, 0) is 4.79 Å². The van der Waals surface area contributed by atoms with Gasteiger partial charge in [-0.2, -0.15) is 10.2 Å². The molecule has 2 atom stereocenters. The zero-order chi connectivity index (χ0) is 33.8. The van der Waals surface area contributed by atoms with Gasteiger partial charge in [-0.15, -0.1) is 5.10 Å². The molecule has 244 valence electrons. The summed E-state index contributed by atoms with van der Waals surface area (Å²) in [5, 5.41) is 25.0. The van der Waals surface area contributed by atoms with Gasteiger partial charge in [-0.05, 0) is 96.5 Å². The minimum absolute atomic E-state index is 0.00952. The number of fused-ring (bicyclic) bond motifs is 2. The van der Waals surface area contributed by atoms with Gasteiger partial charge in [-0.25, -0.2) is 4.68 Å². The fraction of sp³-hybridized carbons (Fsp3) is 0.220. The van der Waals surface area contributed by atoms with E-state index in [1.807, 2.05) is 71.4 Å². The number of carbonyl (C=O) groups excluding carboxylic acids is 1. The molecule has 4 aromatic carbocycles. The number of phenols is 1. The average Bonchev–Trinajstić information content (AvgIpc) is 3.81. The topological polar surface area (TPSA) is 83.1 Å². The second-order valence-electron chi connectivity index (χ2n) is 13.8. The number of amidine groups is 1. The van der Waals surface area contributed by atoms with Crippen molar-refractivity contribution in [1.82, 2.24) is 9.78 Å². The highest BCUT2D eigenvalue weighted by atomic mass is 32.2. The van der Waals surface area contributed by atoms with Crippen LogP contribution >= 0.6 is 11.8 Å². The molecular weight excluding hydrogens is 627 g/mol. The number of aromatic hydroxyl groups is 1. The van der Waals surface area contributed by atoms with Crippen LogP contribution < -0.4 is 4.90 Å². The lowest BCUT2D eigenvalue weighted by molar-refractivity contribution is -0.113. The van der Waals surface area contributed by atoms with Gasteiger partial charge in [-0.1, -0.05) is 93.6 Å². The lowest BCUT2D eigenvalue weighted by Crippen LogP contribution is -2.32.